The fourth-order valence-corrected chi connectivity index (χ4v) is 1.26. The van der Waals surface area contributed by atoms with Gasteiger partial charge in [0.15, 0.2) is 0 Å². The first-order chi connectivity index (χ1) is 7.65. The molecule has 0 atom stereocenters. The number of aromatic nitrogens is 1. The number of nitrogens with zero attached hydrogens (tertiary/aromatic N) is 1. The molecule has 1 aromatic rings. The lowest BCUT2D eigenvalue weighted by molar-refractivity contribution is 0.0955. The quantitative estimate of drug-likeness (QED) is 0.681. The number of nitrogens with one attached hydrogen (secondary N) is 2. The standard InChI is InChI=1S/C11H18N4O/c1-8(2)15-10-9(4-3-6-13-10)11(16)14-7-5-12/h3-4,6,8H,5,7,12H2,1-2H3,(H,13,15)(H,14,16). The number of carbonyl (C=O) groups is 1. The molecule has 0 saturated heterocycles. The predicted molar refractivity (Wildman–Crippen MR) is 64.4 cm³/mol. The molecule has 5 heteroatoms. The van der Waals surface area contributed by atoms with Crippen molar-refractivity contribution in [2.24, 2.45) is 5.73 Å². The molecular weight excluding hydrogens is 204 g/mol. The molecule has 0 spiro atoms. The molecule has 16 heavy (non-hydrogen) atoms. The molecule has 0 bridgehead atoms. The highest BCUT2D eigenvalue weighted by Crippen LogP contribution is 2.12. The highest BCUT2D eigenvalue weighted by molar-refractivity contribution is 5.98. The largest absolute Gasteiger partial charge is 0.367 e. The first-order valence-corrected chi connectivity index (χ1v) is 5.35. The van der Waals surface area contributed by atoms with Crippen molar-refractivity contribution in [3.05, 3.63) is 23.9 Å². The van der Waals surface area contributed by atoms with E-state index in [0.29, 0.717) is 24.5 Å². The van der Waals surface area contributed by atoms with Crippen LogP contribution in [0.15, 0.2) is 18.3 Å². The van der Waals surface area contributed by atoms with Crippen LogP contribution in [0.1, 0.15) is 24.2 Å². The predicted octanol–water partition coefficient (Wildman–Crippen LogP) is 0.590. The second-order valence-electron chi connectivity index (χ2n) is 3.74. The van der Waals surface area contributed by atoms with Crippen LogP contribution in [0.4, 0.5) is 5.82 Å². The second kappa shape index (κ2) is 6.07. The van der Waals surface area contributed by atoms with E-state index in [9.17, 15) is 4.79 Å². The molecule has 0 unspecified atom stereocenters. The van der Waals surface area contributed by atoms with Crippen molar-refractivity contribution in [3.63, 3.8) is 0 Å². The molecule has 0 aliphatic rings. The summed E-state index contributed by atoms with van der Waals surface area (Å²) < 4.78 is 0. The molecule has 0 aromatic carbocycles. The lowest BCUT2D eigenvalue weighted by Crippen LogP contribution is -2.30. The summed E-state index contributed by atoms with van der Waals surface area (Å²) in [6.07, 6.45) is 1.66. The van der Waals surface area contributed by atoms with E-state index in [1.165, 1.54) is 0 Å². The van der Waals surface area contributed by atoms with Gasteiger partial charge in [-0.1, -0.05) is 0 Å². The molecule has 1 heterocycles. The van der Waals surface area contributed by atoms with Crippen LogP contribution in [0.3, 0.4) is 0 Å². The van der Waals surface area contributed by atoms with E-state index in [1.807, 2.05) is 13.8 Å². The molecule has 5 nitrogen and oxygen atoms in total. The summed E-state index contributed by atoms with van der Waals surface area (Å²) in [6, 6.07) is 3.71. The smallest absolute Gasteiger partial charge is 0.255 e. The van der Waals surface area contributed by atoms with Crippen molar-refractivity contribution in [2.75, 3.05) is 18.4 Å². The van der Waals surface area contributed by atoms with Gasteiger partial charge in [0.2, 0.25) is 0 Å². The number of carbonyl (C=O) groups excluding carboxylic acids is 1. The van der Waals surface area contributed by atoms with Crippen LogP contribution in [-0.2, 0) is 0 Å². The van der Waals surface area contributed by atoms with Crippen molar-refractivity contribution < 1.29 is 4.79 Å². The Morgan fingerprint density at radius 3 is 2.94 bits per heavy atom. The first-order valence-electron chi connectivity index (χ1n) is 5.35. The van der Waals surface area contributed by atoms with E-state index in [4.69, 9.17) is 5.73 Å². The summed E-state index contributed by atoms with van der Waals surface area (Å²) in [4.78, 5) is 15.9. The van der Waals surface area contributed by atoms with Crippen molar-refractivity contribution in [1.29, 1.82) is 0 Å². The van der Waals surface area contributed by atoms with E-state index >= 15 is 0 Å². The zero-order valence-corrected chi connectivity index (χ0v) is 9.66. The monoisotopic (exact) mass is 222 g/mol. The average Bonchev–Trinajstić information content (AvgIpc) is 2.26. The third kappa shape index (κ3) is 3.51. The van der Waals surface area contributed by atoms with Gasteiger partial charge in [0.05, 0.1) is 5.56 Å². The first kappa shape index (κ1) is 12.4. The van der Waals surface area contributed by atoms with Gasteiger partial charge in [0, 0.05) is 25.3 Å². The van der Waals surface area contributed by atoms with Gasteiger partial charge in [-0.15, -0.1) is 0 Å². The summed E-state index contributed by atoms with van der Waals surface area (Å²) in [7, 11) is 0. The third-order valence-corrected chi connectivity index (χ3v) is 1.91. The molecule has 1 rings (SSSR count). The molecular formula is C11H18N4O. The van der Waals surface area contributed by atoms with Gasteiger partial charge in [-0.2, -0.15) is 0 Å². The highest BCUT2D eigenvalue weighted by atomic mass is 16.1. The topological polar surface area (TPSA) is 80.0 Å². The Bertz CT molecular complexity index is 352. The van der Waals surface area contributed by atoms with E-state index in [1.54, 1.807) is 18.3 Å². The van der Waals surface area contributed by atoms with Gasteiger partial charge >= 0.3 is 0 Å². The van der Waals surface area contributed by atoms with E-state index in [2.05, 4.69) is 15.6 Å². The maximum absolute atomic E-state index is 11.8. The highest BCUT2D eigenvalue weighted by Gasteiger charge is 2.11. The Morgan fingerprint density at radius 2 is 2.31 bits per heavy atom. The molecule has 0 aliphatic heterocycles. The van der Waals surface area contributed by atoms with Gasteiger partial charge in [-0.05, 0) is 26.0 Å². The van der Waals surface area contributed by atoms with E-state index in [0.717, 1.165) is 0 Å². The van der Waals surface area contributed by atoms with E-state index in [-0.39, 0.29) is 11.9 Å². The fraction of sp³-hybridized carbons (Fsp3) is 0.455. The summed E-state index contributed by atoms with van der Waals surface area (Å²) in [5, 5.41) is 5.85. The van der Waals surface area contributed by atoms with E-state index < -0.39 is 0 Å². The second-order valence-corrected chi connectivity index (χ2v) is 3.74. The Hall–Kier alpha value is -1.62. The zero-order chi connectivity index (χ0) is 12.0. The third-order valence-electron chi connectivity index (χ3n) is 1.91. The lowest BCUT2D eigenvalue weighted by atomic mass is 10.2. The van der Waals surface area contributed by atoms with Crippen LogP contribution in [-0.4, -0.2) is 30.0 Å². The number of hydrogen-bond acceptors (Lipinski definition) is 4. The van der Waals surface area contributed by atoms with Crippen LogP contribution in [0.2, 0.25) is 0 Å². The number of rotatable bonds is 5. The van der Waals surface area contributed by atoms with Crippen LogP contribution < -0.4 is 16.4 Å². The normalized spacial score (nSPS) is 10.2. The maximum atomic E-state index is 11.8. The summed E-state index contributed by atoms with van der Waals surface area (Å²) in [6.45, 7) is 4.89. The van der Waals surface area contributed by atoms with Crippen molar-refractivity contribution in [3.8, 4) is 0 Å². The molecule has 4 N–H and O–H groups in total. The minimum Gasteiger partial charge on any atom is -0.367 e. The van der Waals surface area contributed by atoms with Crippen LogP contribution in [0.5, 0.6) is 0 Å². The van der Waals surface area contributed by atoms with Gasteiger partial charge in [-0.25, -0.2) is 4.98 Å². The minimum absolute atomic E-state index is 0.151. The lowest BCUT2D eigenvalue weighted by Gasteiger charge is -2.12. The molecule has 1 amide bonds. The van der Waals surface area contributed by atoms with Crippen molar-refractivity contribution in [1.82, 2.24) is 10.3 Å². The number of hydrogen-bond donors (Lipinski definition) is 3. The molecule has 1 aromatic heterocycles. The Kier molecular flexibility index (Phi) is 4.72. The van der Waals surface area contributed by atoms with Crippen LogP contribution in [0.25, 0.3) is 0 Å². The van der Waals surface area contributed by atoms with Crippen LogP contribution >= 0.6 is 0 Å². The van der Waals surface area contributed by atoms with Gasteiger partial charge in [0.25, 0.3) is 5.91 Å². The average molecular weight is 222 g/mol. The van der Waals surface area contributed by atoms with Gasteiger partial charge < -0.3 is 16.4 Å². The number of anilines is 1. The maximum Gasteiger partial charge on any atom is 0.255 e. The van der Waals surface area contributed by atoms with Crippen LogP contribution in [0, 0.1) is 0 Å². The summed E-state index contributed by atoms with van der Waals surface area (Å²) in [5.74, 6) is 0.453. The molecule has 0 aliphatic carbocycles. The zero-order valence-electron chi connectivity index (χ0n) is 9.66. The van der Waals surface area contributed by atoms with Crippen molar-refractivity contribution >= 4 is 11.7 Å². The van der Waals surface area contributed by atoms with Gasteiger partial charge in [0.1, 0.15) is 5.82 Å². The van der Waals surface area contributed by atoms with Gasteiger partial charge in [-0.3, -0.25) is 4.79 Å². The number of amides is 1. The summed E-state index contributed by atoms with van der Waals surface area (Å²) in [5.41, 5.74) is 5.87. The molecule has 0 fully saturated rings. The van der Waals surface area contributed by atoms with Crippen molar-refractivity contribution in [2.45, 2.75) is 19.9 Å². The molecule has 0 saturated carbocycles. The molecule has 0 radical (unpaired) electrons. The SMILES string of the molecule is CC(C)Nc1ncccc1C(=O)NCCN. The number of pyridine rings is 1. The summed E-state index contributed by atoms with van der Waals surface area (Å²) >= 11 is 0. The Balaban J connectivity index is 2.81. The number of nitrogens with two attached hydrogens (primary N) is 1. The fourth-order valence-electron chi connectivity index (χ4n) is 1.26. The Morgan fingerprint density at radius 1 is 1.56 bits per heavy atom. The minimum atomic E-state index is -0.151. The molecule has 88 valence electrons. The Labute approximate surface area is 95.4 Å².